The smallest absolute Gasteiger partial charge is 0.0607 e. The first-order valence-electron chi connectivity index (χ1n) is 8.45. The van der Waals surface area contributed by atoms with Gasteiger partial charge in [-0.05, 0) is 42.8 Å². The van der Waals surface area contributed by atoms with E-state index in [4.69, 9.17) is 0 Å². The summed E-state index contributed by atoms with van der Waals surface area (Å²) in [4.78, 5) is 4.03. The fraction of sp³-hybridized carbons (Fsp3) is 0.182. The van der Waals surface area contributed by atoms with Crippen molar-refractivity contribution < 1.29 is 0 Å². The lowest BCUT2D eigenvalue weighted by molar-refractivity contribution is 0.888. The van der Waals surface area contributed by atoms with E-state index in [2.05, 4.69) is 97.9 Å². The van der Waals surface area contributed by atoms with E-state index in [-0.39, 0.29) is 0 Å². The van der Waals surface area contributed by atoms with E-state index >= 15 is 0 Å². The third kappa shape index (κ3) is 6.50. The van der Waals surface area contributed by atoms with Crippen molar-refractivity contribution in [3.63, 3.8) is 0 Å². The first-order chi connectivity index (χ1) is 12.3. The van der Waals surface area contributed by atoms with Gasteiger partial charge in [-0.25, -0.2) is 0 Å². The first kappa shape index (κ1) is 18.5. The van der Waals surface area contributed by atoms with Gasteiger partial charge in [0.15, 0.2) is 0 Å². The molecule has 0 spiro atoms. The molecule has 0 saturated heterocycles. The van der Waals surface area contributed by atoms with Crippen LogP contribution in [-0.2, 0) is 0 Å². The summed E-state index contributed by atoms with van der Waals surface area (Å²) in [7, 11) is 0. The van der Waals surface area contributed by atoms with Crippen LogP contribution < -0.4 is 0 Å². The summed E-state index contributed by atoms with van der Waals surface area (Å²) >= 11 is 5.91. The molecule has 1 unspecified atom stereocenters. The van der Waals surface area contributed by atoms with Crippen molar-refractivity contribution in [3.05, 3.63) is 91.0 Å². The Morgan fingerprint density at radius 3 is 1.32 bits per heavy atom. The van der Waals surface area contributed by atoms with Crippen LogP contribution in [0.15, 0.2) is 106 Å². The second kappa shape index (κ2) is 10.0. The maximum atomic E-state index is 2.34. The molecule has 0 saturated carbocycles. The van der Waals surface area contributed by atoms with Crippen LogP contribution in [0.1, 0.15) is 13.3 Å². The first-order valence-corrected chi connectivity index (χ1v) is 11.1. The predicted molar refractivity (Wildman–Crippen MR) is 115 cm³/mol. The Morgan fingerprint density at radius 1 is 0.560 bits per heavy atom. The molecular weight excluding hydrogens is 360 g/mol. The van der Waals surface area contributed by atoms with Crippen molar-refractivity contribution in [1.29, 1.82) is 0 Å². The van der Waals surface area contributed by atoms with Crippen LogP contribution >= 0.6 is 35.3 Å². The van der Waals surface area contributed by atoms with Gasteiger partial charge in [-0.2, -0.15) is 0 Å². The van der Waals surface area contributed by atoms with Crippen molar-refractivity contribution in [2.45, 2.75) is 37.9 Å². The molecule has 25 heavy (non-hydrogen) atoms. The van der Waals surface area contributed by atoms with Gasteiger partial charge in [0.2, 0.25) is 0 Å². The zero-order valence-electron chi connectivity index (χ0n) is 14.2. The second-order valence-corrected chi connectivity index (χ2v) is 10.1. The van der Waals surface area contributed by atoms with Gasteiger partial charge in [0.05, 0.1) is 4.58 Å². The lowest BCUT2D eigenvalue weighted by Crippen LogP contribution is -2.06. The zero-order chi connectivity index (χ0) is 17.3. The Bertz CT molecular complexity index is 687. The van der Waals surface area contributed by atoms with Crippen molar-refractivity contribution in [2.24, 2.45) is 0 Å². The number of benzene rings is 3. The summed E-state index contributed by atoms with van der Waals surface area (Å²) in [6.45, 7) is 2.34. The van der Waals surface area contributed by atoms with Crippen LogP contribution in [0.4, 0.5) is 0 Å². The van der Waals surface area contributed by atoms with E-state index in [1.165, 1.54) is 14.7 Å². The van der Waals surface area contributed by atoms with Gasteiger partial charge < -0.3 is 0 Å². The molecule has 0 N–H and O–H groups in total. The fourth-order valence-electron chi connectivity index (χ4n) is 2.47. The summed E-state index contributed by atoms with van der Waals surface area (Å²) in [6.07, 6.45) is 1.15. The number of thioether (sulfide) groups is 3. The van der Waals surface area contributed by atoms with Crippen LogP contribution in [0.25, 0.3) is 0 Å². The van der Waals surface area contributed by atoms with E-state index in [1.54, 1.807) is 0 Å². The number of hydrogen-bond donors (Lipinski definition) is 0. The second-order valence-electron chi connectivity index (χ2n) is 5.77. The quantitative estimate of drug-likeness (QED) is 0.293. The predicted octanol–water partition coefficient (Wildman–Crippen LogP) is 7.47. The number of rotatable bonds is 8. The van der Waals surface area contributed by atoms with E-state index in [0.717, 1.165) is 6.42 Å². The minimum absolute atomic E-state index is 0.496. The van der Waals surface area contributed by atoms with E-state index < -0.39 is 0 Å². The average Bonchev–Trinajstić information content (AvgIpc) is 2.64. The highest BCUT2D eigenvalue weighted by Gasteiger charge is 2.17. The number of hydrogen-bond acceptors (Lipinski definition) is 3. The largest absolute Gasteiger partial charge is 0.123 e. The maximum absolute atomic E-state index is 2.34. The Kier molecular flexibility index (Phi) is 7.40. The van der Waals surface area contributed by atoms with Crippen LogP contribution in [0, 0.1) is 0 Å². The van der Waals surface area contributed by atoms with Gasteiger partial charge >= 0.3 is 0 Å². The summed E-state index contributed by atoms with van der Waals surface area (Å²) in [5.74, 6) is 0. The van der Waals surface area contributed by atoms with Crippen LogP contribution in [0.3, 0.4) is 0 Å². The zero-order valence-corrected chi connectivity index (χ0v) is 16.7. The van der Waals surface area contributed by atoms with Crippen molar-refractivity contribution >= 4 is 35.3 Å². The normalized spacial score (nSPS) is 12.2. The Morgan fingerprint density at radius 2 is 0.920 bits per heavy atom. The SMILES string of the molecule is CC(CC(Sc1ccccc1)Sc1ccccc1)Sc1ccccc1. The molecular formula is C22H22S3. The van der Waals surface area contributed by atoms with Crippen molar-refractivity contribution in [1.82, 2.24) is 0 Å². The molecule has 0 radical (unpaired) electrons. The van der Waals surface area contributed by atoms with Crippen molar-refractivity contribution in [3.8, 4) is 0 Å². The molecule has 0 nitrogen and oxygen atoms in total. The van der Waals surface area contributed by atoms with E-state index in [9.17, 15) is 0 Å². The van der Waals surface area contributed by atoms with Crippen molar-refractivity contribution in [2.75, 3.05) is 0 Å². The van der Waals surface area contributed by atoms with Gasteiger partial charge in [0.25, 0.3) is 0 Å². The summed E-state index contributed by atoms with van der Waals surface area (Å²) in [5, 5.41) is 0.569. The summed E-state index contributed by atoms with van der Waals surface area (Å²) < 4.78 is 0.496. The Labute approximate surface area is 163 Å². The molecule has 0 aromatic heterocycles. The fourth-order valence-corrected chi connectivity index (χ4v) is 6.65. The molecule has 0 heterocycles. The highest BCUT2D eigenvalue weighted by atomic mass is 32.2. The van der Waals surface area contributed by atoms with Crippen LogP contribution in [0.2, 0.25) is 0 Å². The lowest BCUT2D eigenvalue weighted by atomic mass is 10.4. The molecule has 0 amide bonds. The third-order valence-corrected chi connectivity index (χ3v) is 7.34. The molecule has 0 aliphatic carbocycles. The molecule has 3 heteroatoms. The molecule has 0 fully saturated rings. The van der Waals surface area contributed by atoms with Gasteiger partial charge in [0.1, 0.15) is 0 Å². The minimum Gasteiger partial charge on any atom is -0.123 e. The molecule has 3 aromatic rings. The Balaban J connectivity index is 1.66. The van der Waals surface area contributed by atoms with Gasteiger partial charge in [-0.1, -0.05) is 61.5 Å². The minimum atomic E-state index is 0.496. The molecule has 3 aromatic carbocycles. The average molecular weight is 383 g/mol. The molecule has 0 aliphatic heterocycles. The lowest BCUT2D eigenvalue weighted by Gasteiger charge is -2.20. The molecule has 3 rings (SSSR count). The molecule has 0 aliphatic rings. The third-order valence-electron chi connectivity index (χ3n) is 3.63. The topological polar surface area (TPSA) is 0 Å². The van der Waals surface area contributed by atoms with E-state index in [1.807, 2.05) is 35.3 Å². The van der Waals surface area contributed by atoms with Crippen LogP contribution in [0.5, 0.6) is 0 Å². The van der Waals surface area contributed by atoms with Gasteiger partial charge in [0, 0.05) is 19.9 Å². The highest BCUT2D eigenvalue weighted by molar-refractivity contribution is 8.17. The molecule has 0 bridgehead atoms. The molecule has 1 atom stereocenters. The standard InChI is InChI=1S/C22H22S3/c1-18(23-19-11-5-2-6-12-19)17-22(24-20-13-7-3-8-14-20)25-21-15-9-4-10-16-21/h2-16,18,22H,17H2,1H3. The highest BCUT2D eigenvalue weighted by Crippen LogP contribution is 2.40. The molecule has 128 valence electrons. The van der Waals surface area contributed by atoms with Gasteiger partial charge in [-0.3, -0.25) is 0 Å². The van der Waals surface area contributed by atoms with E-state index in [0.29, 0.717) is 9.83 Å². The maximum Gasteiger partial charge on any atom is 0.0607 e. The monoisotopic (exact) mass is 382 g/mol. The van der Waals surface area contributed by atoms with Gasteiger partial charge in [-0.15, -0.1) is 35.3 Å². The van der Waals surface area contributed by atoms with Crippen LogP contribution in [-0.4, -0.2) is 9.83 Å². The summed E-state index contributed by atoms with van der Waals surface area (Å²) in [6, 6.07) is 32.2. The Hall–Kier alpha value is -1.29. The summed E-state index contributed by atoms with van der Waals surface area (Å²) in [5.41, 5.74) is 0.